The maximum atomic E-state index is 2.41. The Morgan fingerprint density at radius 3 is 1.00 bits per heavy atom. The zero-order chi connectivity index (χ0) is 8.57. The van der Waals surface area contributed by atoms with E-state index >= 15 is 0 Å². The van der Waals surface area contributed by atoms with Crippen LogP contribution in [0.5, 0.6) is 0 Å². The highest BCUT2D eigenvalue weighted by Crippen LogP contribution is 2.00. The highest BCUT2D eigenvalue weighted by Gasteiger charge is 1.82. The van der Waals surface area contributed by atoms with Crippen LogP contribution in [0.4, 0.5) is 0 Å². The van der Waals surface area contributed by atoms with Crippen molar-refractivity contribution in [3.8, 4) is 0 Å². The van der Waals surface area contributed by atoms with E-state index in [0.29, 0.717) is 0 Å². The summed E-state index contributed by atoms with van der Waals surface area (Å²) in [5, 5.41) is 0. The van der Waals surface area contributed by atoms with E-state index < -0.39 is 0 Å². The first-order valence-corrected chi connectivity index (χ1v) is 6.31. The molecule has 0 aliphatic carbocycles. The van der Waals surface area contributed by atoms with E-state index in [9.17, 15) is 0 Å². The van der Waals surface area contributed by atoms with E-state index in [2.05, 4.69) is 72.9 Å². The van der Waals surface area contributed by atoms with Crippen LogP contribution < -0.4 is 0 Å². The molecule has 0 rings (SSSR count). The molecule has 0 saturated carbocycles. The summed E-state index contributed by atoms with van der Waals surface area (Å²) in [7, 11) is 0. The molecule has 10 heavy (non-hydrogen) atoms. The van der Waals surface area contributed by atoms with Crippen molar-refractivity contribution in [2.24, 2.45) is 0 Å². The summed E-state index contributed by atoms with van der Waals surface area (Å²) in [6, 6.07) is 0. The largest absolute Gasteiger partial charge is 0.0829 e. The first-order chi connectivity index (χ1) is 4.54. The molecular weight excluding hydrogens is 350 g/mol. The van der Waals surface area contributed by atoms with Crippen LogP contribution in [0.25, 0.3) is 0 Å². The van der Waals surface area contributed by atoms with Crippen molar-refractivity contribution in [3.63, 3.8) is 0 Å². The average Bonchev–Trinajstić information content (AvgIpc) is 1.89. The molecule has 0 aromatic rings. The standard InChI is InChI=1S/2C4H9I/c2*1-3-4(2)5/h2*4H,3H2,1-2H3. The molecule has 0 aliphatic rings. The predicted molar refractivity (Wildman–Crippen MR) is 67.5 cm³/mol. The van der Waals surface area contributed by atoms with Gasteiger partial charge in [-0.25, -0.2) is 0 Å². The molecule has 64 valence electrons. The number of hydrogen-bond acceptors (Lipinski definition) is 0. The lowest BCUT2D eigenvalue weighted by Crippen LogP contribution is -1.79. The molecule has 2 atom stereocenters. The second-order valence-electron chi connectivity index (χ2n) is 2.38. The summed E-state index contributed by atoms with van der Waals surface area (Å²) in [5.74, 6) is 0. The summed E-state index contributed by atoms with van der Waals surface area (Å²) in [6.45, 7) is 8.80. The lowest BCUT2D eigenvalue weighted by molar-refractivity contribution is 0.938. The van der Waals surface area contributed by atoms with Gasteiger partial charge in [0.2, 0.25) is 0 Å². The van der Waals surface area contributed by atoms with Crippen molar-refractivity contribution >= 4 is 45.2 Å². The summed E-state index contributed by atoms with van der Waals surface area (Å²) >= 11 is 4.81. The van der Waals surface area contributed by atoms with E-state index in [1.807, 2.05) is 0 Å². The average molecular weight is 368 g/mol. The molecule has 0 N–H and O–H groups in total. The minimum Gasteiger partial charge on any atom is -0.0829 e. The fourth-order valence-corrected chi connectivity index (χ4v) is 0. The Labute approximate surface area is 92.8 Å². The normalized spacial score (nSPS) is 15.0. The lowest BCUT2D eigenvalue weighted by atomic mass is 10.4. The lowest BCUT2D eigenvalue weighted by Gasteiger charge is -1.88. The topological polar surface area (TPSA) is 0 Å². The summed E-state index contributed by atoms with van der Waals surface area (Å²) in [4.78, 5) is 0. The third kappa shape index (κ3) is 22.7. The van der Waals surface area contributed by atoms with Crippen LogP contribution in [0.1, 0.15) is 40.5 Å². The minimum atomic E-state index is 0.854. The van der Waals surface area contributed by atoms with Crippen molar-refractivity contribution in [1.29, 1.82) is 0 Å². The van der Waals surface area contributed by atoms with Crippen LogP contribution in [0.15, 0.2) is 0 Å². The smallest absolute Gasteiger partial charge is 0.00787 e. The summed E-state index contributed by atoms with van der Waals surface area (Å²) in [5.41, 5.74) is 0. The molecule has 0 radical (unpaired) electrons. The van der Waals surface area contributed by atoms with E-state index in [0.717, 1.165) is 7.85 Å². The SMILES string of the molecule is CCC(C)I.CCC(C)I. The molecule has 0 bridgehead atoms. The molecule has 0 aromatic heterocycles. The first kappa shape index (κ1) is 14.0. The van der Waals surface area contributed by atoms with Gasteiger partial charge in [0.25, 0.3) is 0 Å². The van der Waals surface area contributed by atoms with E-state index in [4.69, 9.17) is 0 Å². The zero-order valence-electron chi connectivity index (χ0n) is 7.32. The quantitative estimate of drug-likeness (QED) is 0.500. The highest BCUT2D eigenvalue weighted by atomic mass is 127. The molecule has 2 unspecified atom stereocenters. The van der Waals surface area contributed by atoms with Gasteiger partial charge in [-0.05, 0) is 12.8 Å². The Hall–Kier alpha value is 1.46. The molecule has 0 aliphatic heterocycles. The van der Waals surface area contributed by atoms with E-state index in [1.165, 1.54) is 12.8 Å². The molecule has 0 fully saturated rings. The van der Waals surface area contributed by atoms with Gasteiger partial charge in [0, 0.05) is 7.85 Å². The van der Waals surface area contributed by atoms with Gasteiger partial charge in [-0.1, -0.05) is 72.9 Å². The predicted octanol–water partition coefficient (Wildman–Crippen LogP) is 4.44. The van der Waals surface area contributed by atoms with Gasteiger partial charge >= 0.3 is 0 Å². The molecular formula is C8H18I2. The second-order valence-corrected chi connectivity index (χ2v) is 6.63. The second kappa shape index (κ2) is 10.5. The van der Waals surface area contributed by atoms with Gasteiger partial charge in [-0.2, -0.15) is 0 Å². The van der Waals surface area contributed by atoms with Crippen LogP contribution in [-0.4, -0.2) is 7.85 Å². The number of hydrogen-bond donors (Lipinski definition) is 0. The van der Waals surface area contributed by atoms with Crippen LogP contribution >= 0.6 is 45.2 Å². The van der Waals surface area contributed by atoms with Crippen molar-refractivity contribution < 1.29 is 0 Å². The van der Waals surface area contributed by atoms with Gasteiger partial charge in [-0.3, -0.25) is 0 Å². The van der Waals surface area contributed by atoms with Crippen molar-refractivity contribution in [2.45, 2.75) is 48.4 Å². The van der Waals surface area contributed by atoms with Gasteiger partial charge in [-0.15, -0.1) is 0 Å². The van der Waals surface area contributed by atoms with Crippen LogP contribution in [-0.2, 0) is 0 Å². The number of alkyl halides is 2. The van der Waals surface area contributed by atoms with Crippen LogP contribution in [0.2, 0.25) is 0 Å². The fraction of sp³-hybridized carbons (Fsp3) is 1.00. The highest BCUT2D eigenvalue weighted by molar-refractivity contribution is 14.1. The van der Waals surface area contributed by atoms with Crippen LogP contribution in [0, 0.1) is 0 Å². The maximum Gasteiger partial charge on any atom is 0.00787 e. The fourth-order valence-electron chi connectivity index (χ4n) is 0. The van der Waals surface area contributed by atoms with Crippen LogP contribution in [0.3, 0.4) is 0 Å². The molecule has 0 amide bonds. The Morgan fingerprint density at radius 1 is 0.900 bits per heavy atom. The monoisotopic (exact) mass is 368 g/mol. The van der Waals surface area contributed by atoms with E-state index in [-0.39, 0.29) is 0 Å². The zero-order valence-corrected chi connectivity index (χ0v) is 11.6. The van der Waals surface area contributed by atoms with Gasteiger partial charge < -0.3 is 0 Å². The Balaban J connectivity index is 0. The summed E-state index contributed by atoms with van der Waals surface area (Å²) in [6.07, 6.45) is 2.58. The molecule has 0 nitrogen and oxygen atoms in total. The van der Waals surface area contributed by atoms with Crippen molar-refractivity contribution in [1.82, 2.24) is 0 Å². The van der Waals surface area contributed by atoms with E-state index in [1.54, 1.807) is 0 Å². The Kier molecular flexibility index (Phi) is 14.7. The molecule has 0 aromatic carbocycles. The van der Waals surface area contributed by atoms with Crippen molar-refractivity contribution in [2.75, 3.05) is 0 Å². The number of rotatable bonds is 2. The molecule has 0 spiro atoms. The van der Waals surface area contributed by atoms with Crippen molar-refractivity contribution in [3.05, 3.63) is 0 Å². The number of halogens is 2. The first-order valence-electron chi connectivity index (χ1n) is 3.82. The minimum absolute atomic E-state index is 0.854. The summed E-state index contributed by atoms with van der Waals surface area (Å²) < 4.78 is 1.71. The Morgan fingerprint density at radius 2 is 1.00 bits per heavy atom. The van der Waals surface area contributed by atoms with Gasteiger partial charge in [0.15, 0.2) is 0 Å². The maximum absolute atomic E-state index is 2.41. The third-order valence-electron chi connectivity index (χ3n) is 1.13. The van der Waals surface area contributed by atoms with Gasteiger partial charge in [0.05, 0.1) is 0 Å². The Bertz CT molecular complexity index is 43.2. The molecule has 2 heteroatoms. The molecule has 0 saturated heterocycles. The molecule has 0 heterocycles. The van der Waals surface area contributed by atoms with Gasteiger partial charge in [0.1, 0.15) is 0 Å². The third-order valence-corrected chi connectivity index (χ3v) is 2.89.